The minimum Gasteiger partial charge on any atom is -0.225 e. The molecular weight excluding hydrogens is 188 g/mol. The molecule has 2 aromatic rings. The standard InChI is InChI=1S/C11H14N4/c1-3-10-6-4-5-7-11(10)8-15-9(2)12-13-14-15/h4-7H,3,8H2,1-2H3. The summed E-state index contributed by atoms with van der Waals surface area (Å²) in [5, 5.41) is 11.4. The SMILES string of the molecule is CCc1ccccc1Cn1nnnc1C. The zero-order valence-corrected chi connectivity index (χ0v) is 9.01. The monoisotopic (exact) mass is 202 g/mol. The van der Waals surface area contributed by atoms with Crippen molar-refractivity contribution in [3.05, 3.63) is 41.2 Å². The predicted octanol–water partition coefficient (Wildman–Crippen LogP) is 1.59. The lowest BCUT2D eigenvalue weighted by molar-refractivity contribution is 0.630. The van der Waals surface area contributed by atoms with Crippen molar-refractivity contribution in [2.24, 2.45) is 0 Å². The van der Waals surface area contributed by atoms with Gasteiger partial charge in [-0.25, -0.2) is 4.68 Å². The summed E-state index contributed by atoms with van der Waals surface area (Å²) in [6, 6.07) is 8.39. The molecule has 0 N–H and O–H groups in total. The number of aryl methyl sites for hydroxylation is 2. The fourth-order valence-corrected chi connectivity index (χ4v) is 1.61. The molecule has 0 radical (unpaired) electrons. The van der Waals surface area contributed by atoms with Crippen molar-refractivity contribution in [1.29, 1.82) is 0 Å². The largest absolute Gasteiger partial charge is 0.225 e. The van der Waals surface area contributed by atoms with E-state index in [0.717, 1.165) is 18.8 Å². The Morgan fingerprint density at radius 1 is 1.20 bits per heavy atom. The Hall–Kier alpha value is -1.71. The molecule has 0 aliphatic heterocycles. The molecule has 1 aromatic carbocycles. The summed E-state index contributed by atoms with van der Waals surface area (Å²) in [5.74, 6) is 0.848. The third-order valence-corrected chi connectivity index (χ3v) is 2.53. The Kier molecular flexibility index (Phi) is 2.76. The number of hydrogen-bond acceptors (Lipinski definition) is 3. The Morgan fingerprint density at radius 2 is 1.93 bits per heavy atom. The third kappa shape index (κ3) is 2.03. The van der Waals surface area contributed by atoms with Gasteiger partial charge in [0.15, 0.2) is 0 Å². The average molecular weight is 202 g/mol. The summed E-state index contributed by atoms with van der Waals surface area (Å²) < 4.78 is 1.81. The first-order chi connectivity index (χ1) is 7.31. The molecule has 15 heavy (non-hydrogen) atoms. The second kappa shape index (κ2) is 4.21. The molecule has 0 unspecified atom stereocenters. The highest BCUT2D eigenvalue weighted by Crippen LogP contribution is 2.10. The lowest BCUT2D eigenvalue weighted by Crippen LogP contribution is -2.06. The minimum absolute atomic E-state index is 0.753. The molecule has 0 fully saturated rings. The normalized spacial score (nSPS) is 10.5. The molecule has 1 aromatic heterocycles. The topological polar surface area (TPSA) is 43.6 Å². The highest BCUT2D eigenvalue weighted by molar-refractivity contribution is 5.27. The number of hydrogen-bond donors (Lipinski definition) is 0. The van der Waals surface area contributed by atoms with Gasteiger partial charge in [0, 0.05) is 0 Å². The van der Waals surface area contributed by atoms with E-state index in [0.29, 0.717) is 0 Å². The van der Waals surface area contributed by atoms with E-state index in [1.54, 1.807) is 0 Å². The van der Waals surface area contributed by atoms with E-state index >= 15 is 0 Å². The van der Waals surface area contributed by atoms with Crippen LogP contribution < -0.4 is 0 Å². The number of rotatable bonds is 3. The summed E-state index contributed by atoms with van der Waals surface area (Å²) in [6.07, 6.45) is 1.04. The molecule has 0 atom stereocenters. The van der Waals surface area contributed by atoms with E-state index in [1.165, 1.54) is 11.1 Å². The Labute approximate surface area is 88.9 Å². The first-order valence-corrected chi connectivity index (χ1v) is 5.11. The second-order valence-corrected chi connectivity index (χ2v) is 3.51. The van der Waals surface area contributed by atoms with Crippen LogP contribution in [-0.4, -0.2) is 20.2 Å². The molecule has 0 saturated carbocycles. The fourth-order valence-electron chi connectivity index (χ4n) is 1.61. The molecule has 2 rings (SSSR count). The van der Waals surface area contributed by atoms with Crippen molar-refractivity contribution < 1.29 is 0 Å². The summed E-state index contributed by atoms with van der Waals surface area (Å²) >= 11 is 0. The van der Waals surface area contributed by atoms with Crippen LogP contribution in [0.2, 0.25) is 0 Å². The van der Waals surface area contributed by atoms with Gasteiger partial charge in [0.1, 0.15) is 5.82 Å². The fraction of sp³-hybridized carbons (Fsp3) is 0.364. The van der Waals surface area contributed by atoms with Gasteiger partial charge < -0.3 is 0 Å². The van der Waals surface area contributed by atoms with Crippen LogP contribution in [-0.2, 0) is 13.0 Å². The molecule has 4 nitrogen and oxygen atoms in total. The lowest BCUT2D eigenvalue weighted by atomic mass is 10.1. The maximum absolute atomic E-state index is 3.94. The molecule has 0 aliphatic carbocycles. The number of tetrazole rings is 1. The maximum Gasteiger partial charge on any atom is 0.148 e. The van der Waals surface area contributed by atoms with Crippen LogP contribution >= 0.6 is 0 Å². The molecule has 0 aliphatic rings. The molecule has 0 spiro atoms. The second-order valence-electron chi connectivity index (χ2n) is 3.51. The summed E-state index contributed by atoms with van der Waals surface area (Å²) in [4.78, 5) is 0. The van der Waals surface area contributed by atoms with Crippen molar-refractivity contribution in [1.82, 2.24) is 20.2 Å². The van der Waals surface area contributed by atoms with Gasteiger partial charge >= 0.3 is 0 Å². The first kappa shape index (κ1) is 9.83. The van der Waals surface area contributed by atoms with Gasteiger partial charge in [-0.1, -0.05) is 31.2 Å². The van der Waals surface area contributed by atoms with Gasteiger partial charge in [0.2, 0.25) is 0 Å². The van der Waals surface area contributed by atoms with Gasteiger partial charge in [-0.05, 0) is 34.9 Å². The minimum atomic E-state index is 0.753. The van der Waals surface area contributed by atoms with E-state index in [1.807, 2.05) is 17.7 Å². The van der Waals surface area contributed by atoms with Crippen molar-refractivity contribution in [3.63, 3.8) is 0 Å². The van der Waals surface area contributed by atoms with Gasteiger partial charge in [-0.2, -0.15) is 0 Å². The number of benzene rings is 1. The third-order valence-electron chi connectivity index (χ3n) is 2.53. The van der Waals surface area contributed by atoms with Gasteiger partial charge in [-0.15, -0.1) is 5.10 Å². The van der Waals surface area contributed by atoms with Crippen LogP contribution in [0.25, 0.3) is 0 Å². The van der Waals surface area contributed by atoms with Crippen molar-refractivity contribution in [3.8, 4) is 0 Å². The zero-order chi connectivity index (χ0) is 10.7. The summed E-state index contributed by atoms with van der Waals surface area (Å²) in [5.41, 5.74) is 2.64. The van der Waals surface area contributed by atoms with Gasteiger partial charge in [-0.3, -0.25) is 0 Å². The zero-order valence-electron chi connectivity index (χ0n) is 9.01. The van der Waals surface area contributed by atoms with Crippen LogP contribution in [0.3, 0.4) is 0 Å². The lowest BCUT2D eigenvalue weighted by Gasteiger charge is -2.07. The summed E-state index contributed by atoms with van der Waals surface area (Å²) in [7, 11) is 0. The highest BCUT2D eigenvalue weighted by atomic mass is 15.5. The van der Waals surface area contributed by atoms with Crippen LogP contribution in [0.4, 0.5) is 0 Å². The first-order valence-electron chi connectivity index (χ1n) is 5.11. The van der Waals surface area contributed by atoms with E-state index in [4.69, 9.17) is 0 Å². The van der Waals surface area contributed by atoms with E-state index < -0.39 is 0 Å². The Bertz CT molecular complexity index is 447. The van der Waals surface area contributed by atoms with E-state index in [-0.39, 0.29) is 0 Å². The molecular formula is C11H14N4. The van der Waals surface area contributed by atoms with Crippen LogP contribution in [0, 0.1) is 6.92 Å². The van der Waals surface area contributed by atoms with E-state index in [9.17, 15) is 0 Å². The average Bonchev–Trinajstić information content (AvgIpc) is 2.65. The van der Waals surface area contributed by atoms with E-state index in [2.05, 4.69) is 40.6 Å². The molecule has 0 bridgehead atoms. The Balaban J connectivity index is 2.28. The smallest absolute Gasteiger partial charge is 0.148 e. The van der Waals surface area contributed by atoms with Crippen molar-refractivity contribution in [2.75, 3.05) is 0 Å². The van der Waals surface area contributed by atoms with Crippen molar-refractivity contribution in [2.45, 2.75) is 26.8 Å². The molecule has 0 amide bonds. The molecule has 1 heterocycles. The van der Waals surface area contributed by atoms with Crippen LogP contribution in [0.1, 0.15) is 23.9 Å². The molecule has 0 saturated heterocycles. The van der Waals surface area contributed by atoms with Crippen LogP contribution in [0.15, 0.2) is 24.3 Å². The van der Waals surface area contributed by atoms with Gasteiger partial charge in [0.05, 0.1) is 6.54 Å². The quantitative estimate of drug-likeness (QED) is 0.759. The predicted molar refractivity (Wildman–Crippen MR) is 57.5 cm³/mol. The maximum atomic E-state index is 3.94. The van der Waals surface area contributed by atoms with Crippen LogP contribution in [0.5, 0.6) is 0 Å². The molecule has 78 valence electrons. The molecule has 4 heteroatoms. The number of nitrogens with zero attached hydrogens (tertiary/aromatic N) is 4. The van der Waals surface area contributed by atoms with Gasteiger partial charge in [0.25, 0.3) is 0 Å². The number of aromatic nitrogens is 4. The van der Waals surface area contributed by atoms with Crippen molar-refractivity contribution >= 4 is 0 Å². The summed E-state index contributed by atoms with van der Waals surface area (Å²) in [6.45, 7) is 4.82. The highest BCUT2D eigenvalue weighted by Gasteiger charge is 2.04. The Morgan fingerprint density at radius 3 is 2.53 bits per heavy atom.